The van der Waals surface area contributed by atoms with Crippen LogP contribution < -0.4 is 5.32 Å². The third-order valence-corrected chi connectivity index (χ3v) is 1.58. The molecule has 1 N–H and O–H groups in total. The van der Waals surface area contributed by atoms with Crippen molar-refractivity contribution in [2.45, 2.75) is 0 Å². The molecule has 0 aliphatic carbocycles. The molecule has 2 rings (SSSR count). The fourth-order valence-corrected chi connectivity index (χ4v) is 1.00. The van der Waals surface area contributed by atoms with Crippen molar-refractivity contribution >= 4 is 11.5 Å². The number of nitrogens with one attached hydrogen (secondary N) is 1. The van der Waals surface area contributed by atoms with E-state index in [0.717, 1.165) is 11.5 Å². The first kappa shape index (κ1) is 7.73. The van der Waals surface area contributed by atoms with E-state index in [4.69, 9.17) is 0 Å². The van der Waals surface area contributed by atoms with Gasteiger partial charge in [-0.2, -0.15) is 0 Å². The Bertz CT molecular complexity index is 321. The molecular formula is C10H8N3. The number of anilines is 2. The maximum Gasteiger partial charge on any atom is 0.199 e. The first-order chi connectivity index (χ1) is 6.45. The SMILES string of the molecule is [c]1nccc(Nc2ccccc2)n1. The number of nitrogens with zero attached hydrogens (tertiary/aromatic N) is 2. The van der Waals surface area contributed by atoms with Crippen LogP contribution in [0.1, 0.15) is 0 Å². The molecule has 0 fully saturated rings. The van der Waals surface area contributed by atoms with Gasteiger partial charge in [0.25, 0.3) is 0 Å². The Kier molecular flexibility index (Phi) is 2.18. The van der Waals surface area contributed by atoms with Crippen molar-refractivity contribution in [3.63, 3.8) is 0 Å². The molecule has 1 aromatic heterocycles. The summed E-state index contributed by atoms with van der Waals surface area (Å²) in [4.78, 5) is 7.64. The lowest BCUT2D eigenvalue weighted by atomic mass is 10.3. The predicted molar refractivity (Wildman–Crippen MR) is 50.6 cm³/mol. The first-order valence-corrected chi connectivity index (χ1v) is 3.96. The molecule has 13 heavy (non-hydrogen) atoms. The summed E-state index contributed by atoms with van der Waals surface area (Å²) in [5.41, 5.74) is 1.01. The van der Waals surface area contributed by atoms with Gasteiger partial charge in [0.1, 0.15) is 5.82 Å². The summed E-state index contributed by atoms with van der Waals surface area (Å²) in [5, 5.41) is 3.12. The van der Waals surface area contributed by atoms with Crippen LogP contribution in [0.3, 0.4) is 0 Å². The van der Waals surface area contributed by atoms with E-state index in [1.54, 1.807) is 12.3 Å². The Labute approximate surface area is 76.5 Å². The zero-order valence-electron chi connectivity index (χ0n) is 6.94. The lowest BCUT2D eigenvalue weighted by molar-refractivity contribution is 1.15. The molecule has 63 valence electrons. The molecule has 0 saturated heterocycles. The summed E-state index contributed by atoms with van der Waals surface area (Å²) in [6.45, 7) is 0. The van der Waals surface area contributed by atoms with Crippen LogP contribution in [0.2, 0.25) is 0 Å². The highest BCUT2D eigenvalue weighted by atomic mass is 15.0. The van der Waals surface area contributed by atoms with E-state index in [2.05, 4.69) is 21.6 Å². The van der Waals surface area contributed by atoms with Crippen LogP contribution in [0.5, 0.6) is 0 Å². The van der Waals surface area contributed by atoms with Gasteiger partial charge < -0.3 is 5.32 Å². The van der Waals surface area contributed by atoms with Crippen LogP contribution in [0.4, 0.5) is 11.5 Å². The van der Waals surface area contributed by atoms with Gasteiger partial charge in [-0.15, -0.1) is 0 Å². The van der Waals surface area contributed by atoms with Crippen LogP contribution in [-0.2, 0) is 0 Å². The standard InChI is InChI=1S/C10H8N3/c1-2-4-9(5-3-1)13-10-6-7-11-8-12-10/h1-7H,(H,11,12,13). The Morgan fingerprint density at radius 3 is 2.62 bits per heavy atom. The van der Waals surface area contributed by atoms with Crippen molar-refractivity contribution in [2.75, 3.05) is 5.32 Å². The first-order valence-electron chi connectivity index (χ1n) is 3.96. The van der Waals surface area contributed by atoms with E-state index in [9.17, 15) is 0 Å². The van der Waals surface area contributed by atoms with Gasteiger partial charge in [0.05, 0.1) is 0 Å². The van der Waals surface area contributed by atoms with Gasteiger partial charge in [-0.05, 0) is 18.2 Å². The van der Waals surface area contributed by atoms with Crippen LogP contribution in [0.25, 0.3) is 0 Å². The summed E-state index contributed by atoms with van der Waals surface area (Å²) in [6, 6.07) is 11.6. The number of aromatic nitrogens is 2. The van der Waals surface area contributed by atoms with Crippen molar-refractivity contribution in [2.24, 2.45) is 0 Å². The van der Waals surface area contributed by atoms with E-state index in [-0.39, 0.29) is 0 Å². The van der Waals surface area contributed by atoms with E-state index >= 15 is 0 Å². The van der Waals surface area contributed by atoms with Crippen molar-refractivity contribution in [3.05, 3.63) is 48.9 Å². The van der Waals surface area contributed by atoms with Crippen LogP contribution in [0, 0.1) is 6.33 Å². The molecule has 3 heteroatoms. The second-order valence-corrected chi connectivity index (χ2v) is 2.53. The molecule has 1 radical (unpaired) electrons. The minimum atomic E-state index is 0.751. The smallest absolute Gasteiger partial charge is 0.199 e. The lowest BCUT2D eigenvalue weighted by Gasteiger charge is -2.02. The molecule has 0 bridgehead atoms. The van der Waals surface area contributed by atoms with Crippen molar-refractivity contribution in [1.82, 2.24) is 9.97 Å². The monoisotopic (exact) mass is 170 g/mol. The Hall–Kier alpha value is -1.90. The van der Waals surface area contributed by atoms with Gasteiger partial charge in [0, 0.05) is 11.9 Å². The van der Waals surface area contributed by atoms with Crippen molar-refractivity contribution < 1.29 is 0 Å². The lowest BCUT2D eigenvalue weighted by Crippen LogP contribution is -1.92. The highest BCUT2D eigenvalue weighted by Crippen LogP contribution is 2.11. The van der Waals surface area contributed by atoms with Gasteiger partial charge in [0.2, 0.25) is 0 Å². The summed E-state index contributed by atoms with van der Waals surface area (Å²) in [6.07, 6.45) is 4.17. The molecule has 0 aliphatic heterocycles. The van der Waals surface area contributed by atoms with Gasteiger partial charge in [-0.1, -0.05) is 18.2 Å². The second-order valence-electron chi connectivity index (χ2n) is 2.53. The third-order valence-electron chi connectivity index (χ3n) is 1.58. The van der Waals surface area contributed by atoms with E-state index in [1.165, 1.54) is 0 Å². The van der Waals surface area contributed by atoms with Gasteiger partial charge >= 0.3 is 0 Å². The molecule has 0 aliphatic rings. The van der Waals surface area contributed by atoms with Gasteiger partial charge in [-0.3, -0.25) is 0 Å². The normalized spacial score (nSPS) is 9.54. The summed E-state index contributed by atoms with van der Waals surface area (Å²) in [5.74, 6) is 0.751. The minimum absolute atomic E-state index is 0.751. The van der Waals surface area contributed by atoms with Crippen LogP contribution in [0.15, 0.2) is 42.6 Å². The zero-order valence-corrected chi connectivity index (χ0v) is 6.94. The maximum atomic E-state index is 3.93. The predicted octanol–water partition coefficient (Wildman–Crippen LogP) is 2.02. The summed E-state index contributed by atoms with van der Waals surface area (Å²) in [7, 11) is 0. The molecule has 0 saturated carbocycles. The van der Waals surface area contributed by atoms with Crippen molar-refractivity contribution in [1.29, 1.82) is 0 Å². The fraction of sp³-hybridized carbons (Fsp3) is 0. The van der Waals surface area contributed by atoms with Crippen LogP contribution >= 0.6 is 0 Å². The molecule has 3 nitrogen and oxygen atoms in total. The van der Waals surface area contributed by atoms with Gasteiger partial charge in [-0.25, -0.2) is 9.97 Å². The average molecular weight is 170 g/mol. The number of hydrogen-bond acceptors (Lipinski definition) is 3. The Balaban J connectivity index is 2.16. The van der Waals surface area contributed by atoms with Crippen LogP contribution in [-0.4, -0.2) is 9.97 Å². The van der Waals surface area contributed by atoms with E-state index in [1.807, 2.05) is 30.3 Å². The minimum Gasteiger partial charge on any atom is -0.340 e. The summed E-state index contributed by atoms with van der Waals surface area (Å²) >= 11 is 0. The number of rotatable bonds is 2. The number of hydrogen-bond donors (Lipinski definition) is 1. The summed E-state index contributed by atoms with van der Waals surface area (Å²) < 4.78 is 0. The Morgan fingerprint density at radius 1 is 1.08 bits per heavy atom. The van der Waals surface area contributed by atoms with Gasteiger partial charge in [0.15, 0.2) is 6.33 Å². The average Bonchev–Trinajstić information content (AvgIpc) is 2.21. The molecule has 2 aromatic rings. The molecule has 1 heterocycles. The fourth-order valence-electron chi connectivity index (χ4n) is 1.00. The highest BCUT2D eigenvalue weighted by Gasteiger charge is 1.92. The Morgan fingerprint density at radius 2 is 1.92 bits per heavy atom. The molecule has 0 spiro atoms. The third kappa shape index (κ3) is 2.02. The number of benzene rings is 1. The van der Waals surface area contributed by atoms with Crippen molar-refractivity contribution in [3.8, 4) is 0 Å². The molecule has 0 unspecified atom stereocenters. The molecule has 1 aromatic carbocycles. The zero-order chi connectivity index (χ0) is 8.93. The van der Waals surface area contributed by atoms with E-state index < -0.39 is 0 Å². The topological polar surface area (TPSA) is 37.8 Å². The second kappa shape index (κ2) is 3.67. The largest absolute Gasteiger partial charge is 0.340 e. The highest BCUT2D eigenvalue weighted by molar-refractivity contribution is 5.54. The quantitative estimate of drug-likeness (QED) is 0.749. The van der Waals surface area contributed by atoms with E-state index in [0.29, 0.717) is 0 Å². The molecule has 0 atom stereocenters. The molecule has 0 amide bonds. The molecular weight excluding hydrogens is 162 g/mol. The maximum absolute atomic E-state index is 3.93. The number of para-hydroxylation sites is 1.